The molecule has 1 aliphatic heterocycles. The fraction of sp³-hybridized carbons (Fsp3) is 0.241. The predicted octanol–water partition coefficient (Wildman–Crippen LogP) is 6.44. The summed E-state index contributed by atoms with van der Waals surface area (Å²) < 4.78 is 0.851. The maximum atomic E-state index is 13.4. The van der Waals surface area contributed by atoms with E-state index in [9.17, 15) is 14.7 Å². The molecular formula is C29H29BrN2O3. The van der Waals surface area contributed by atoms with Gasteiger partial charge in [0.2, 0.25) is 0 Å². The van der Waals surface area contributed by atoms with Gasteiger partial charge < -0.3 is 10.0 Å². The number of halogens is 1. The maximum Gasteiger partial charge on any atom is 0.300 e. The molecule has 0 saturated carbocycles. The Balaban J connectivity index is 1.89. The van der Waals surface area contributed by atoms with Crippen LogP contribution in [0.5, 0.6) is 0 Å². The highest BCUT2D eigenvalue weighted by molar-refractivity contribution is 9.10. The molecule has 6 heteroatoms. The number of rotatable bonds is 4. The highest BCUT2D eigenvalue weighted by Crippen LogP contribution is 2.43. The van der Waals surface area contributed by atoms with Crippen LogP contribution in [-0.4, -0.2) is 30.9 Å². The van der Waals surface area contributed by atoms with Gasteiger partial charge in [0.05, 0.1) is 11.6 Å². The van der Waals surface area contributed by atoms with Crippen LogP contribution in [-0.2, 0) is 15.0 Å². The van der Waals surface area contributed by atoms with E-state index in [2.05, 4.69) is 36.7 Å². The lowest BCUT2D eigenvalue weighted by Crippen LogP contribution is -2.29. The second kappa shape index (κ2) is 9.34. The van der Waals surface area contributed by atoms with E-state index in [4.69, 9.17) is 0 Å². The number of nitrogens with zero attached hydrogens (tertiary/aromatic N) is 2. The predicted molar refractivity (Wildman–Crippen MR) is 145 cm³/mol. The molecule has 3 aromatic carbocycles. The summed E-state index contributed by atoms with van der Waals surface area (Å²) in [4.78, 5) is 30.2. The van der Waals surface area contributed by atoms with Crippen molar-refractivity contribution in [3.8, 4) is 0 Å². The van der Waals surface area contributed by atoms with Crippen molar-refractivity contribution in [2.75, 3.05) is 23.9 Å². The van der Waals surface area contributed by atoms with Crippen LogP contribution in [0.2, 0.25) is 0 Å². The number of benzene rings is 3. The van der Waals surface area contributed by atoms with Crippen molar-refractivity contribution in [1.29, 1.82) is 0 Å². The van der Waals surface area contributed by atoms with Crippen LogP contribution in [0.1, 0.15) is 43.5 Å². The molecule has 5 nitrogen and oxygen atoms in total. The van der Waals surface area contributed by atoms with Gasteiger partial charge in [-0.2, -0.15) is 0 Å². The van der Waals surface area contributed by atoms with Crippen LogP contribution in [0.3, 0.4) is 0 Å². The van der Waals surface area contributed by atoms with E-state index in [1.165, 1.54) is 4.90 Å². The van der Waals surface area contributed by atoms with Crippen molar-refractivity contribution < 1.29 is 14.7 Å². The SMILES string of the molecule is CN(C)c1ccc(C2/C(=C(\O)c3ccc(Br)cc3)C(=O)C(=O)N2c2ccc(C(C)(C)C)cc2)cc1. The van der Waals surface area contributed by atoms with Crippen molar-refractivity contribution in [3.63, 3.8) is 0 Å². The van der Waals surface area contributed by atoms with Crippen LogP contribution < -0.4 is 9.80 Å². The van der Waals surface area contributed by atoms with Gasteiger partial charge in [-0.1, -0.05) is 73.1 Å². The molecule has 0 bridgehead atoms. The first kappa shape index (κ1) is 24.7. The molecule has 35 heavy (non-hydrogen) atoms. The van der Waals surface area contributed by atoms with Crippen LogP contribution in [0.25, 0.3) is 5.76 Å². The number of carbonyl (C=O) groups is 2. The first-order valence-electron chi connectivity index (χ1n) is 11.4. The summed E-state index contributed by atoms with van der Waals surface area (Å²) in [6.07, 6.45) is 0. The van der Waals surface area contributed by atoms with Gasteiger partial charge in [-0.15, -0.1) is 0 Å². The minimum absolute atomic E-state index is 0.0459. The number of carbonyl (C=O) groups excluding carboxylic acids is 2. The largest absolute Gasteiger partial charge is 0.507 e. The Labute approximate surface area is 214 Å². The molecular weight excluding hydrogens is 504 g/mol. The zero-order valence-electron chi connectivity index (χ0n) is 20.5. The van der Waals surface area contributed by atoms with Gasteiger partial charge in [-0.05, 0) is 52.9 Å². The van der Waals surface area contributed by atoms with Crippen LogP contribution in [0.4, 0.5) is 11.4 Å². The number of aliphatic hydroxyl groups excluding tert-OH is 1. The van der Waals surface area contributed by atoms with Gasteiger partial charge in [-0.25, -0.2) is 0 Å². The average Bonchev–Trinajstić information content (AvgIpc) is 3.09. The first-order valence-corrected chi connectivity index (χ1v) is 12.2. The normalized spacial score (nSPS) is 17.7. The third-order valence-electron chi connectivity index (χ3n) is 6.30. The second-order valence-corrected chi connectivity index (χ2v) is 10.9. The van der Waals surface area contributed by atoms with Gasteiger partial charge >= 0.3 is 0 Å². The number of ketones is 1. The first-order chi connectivity index (χ1) is 16.5. The maximum absolute atomic E-state index is 13.4. The molecule has 1 atom stereocenters. The summed E-state index contributed by atoms with van der Waals surface area (Å²) >= 11 is 3.40. The zero-order chi connectivity index (χ0) is 25.5. The Morgan fingerprint density at radius 2 is 1.46 bits per heavy atom. The van der Waals surface area contributed by atoms with E-state index < -0.39 is 17.7 Å². The minimum atomic E-state index is -0.754. The zero-order valence-corrected chi connectivity index (χ0v) is 22.1. The molecule has 1 heterocycles. The van der Waals surface area contributed by atoms with E-state index in [0.29, 0.717) is 11.3 Å². The summed E-state index contributed by atoms with van der Waals surface area (Å²) in [7, 11) is 3.90. The molecule has 0 aromatic heterocycles. The van der Waals surface area contributed by atoms with Gasteiger partial charge in [0.15, 0.2) is 0 Å². The Morgan fingerprint density at radius 1 is 0.886 bits per heavy atom. The second-order valence-electron chi connectivity index (χ2n) is 9.96. The smallest absolute Gasteiger partial charge is 0.300 e. The molecule has 1 unspecified atom stereocenters. The highest BCUT2D eigenvalue weighted by Gasteiger charge is 2.47. The molecule has 0 radical (unpaired) electrons. The van der Waals surface area contributed by atoms with Crippen molar-refractivity contribution >= 4 is 44.8 Å². The van der Waals surface area contributed by atoms with Crippen molar-refractivity contribution in [3.05, 3.63) is 99.5 Å². The fourth-order valence-electron chi connectivity index (χ4n) is 4.25. The fourth-order valence-corrected chi connectivity index (χ4v) is 4.52. The standard InChI is InChI=1S/C29H29BrN2O3/c1-29(2,3)20-10-16-23(17-11-20)32-25(18-8-14-22(15-9-18)31(4)5)24(27(34)28(32)35)26(33)19-6-12-21(30)13-7-19/h6-17,25,33H,1-5H3/b26-24+. The Kier molecular flexibility index (Phi) is 6.60. The topological polar surface area (TPSA) is 60.9 Å². The van der Waals surface area contributed by atoms with Crippen molar-refractivity contribution in [2.45, 2.75) is 32.2 Å². The molecule has 1 aliphatic rings. The van der Waals surface area contributed by atoms with E-state index in [0.717, 1.165) is 21.3 Å². The molecule has 0 aliphatic carbocycles. The van der Waals surface area contributed by atoms with Crippen molar-refractivity contribution in [1.82, 2.24) is 0 Å². The Morgan fingerprint density at radius 3 is 1.97 bits per heavy atom. The number of anilines is 2. The molecule has 180 valence electrons. The number of amides is 1. The number of hydrogen-bond acceptors (Lipinski definition) is 4. The lowest BCUT2D eigenvalue weighted by atomic mass is 9.87. The van der Waals surface area contributed by atoms with E-state index in [1.807, 2.05) is 67.5 Å². The summed E-state index contributed by atoms with van der Waals surface area (Å²) in [5, 5.41) is 11.2. The molecule has 1 N–H and O–H groups in total. The average molecular weight is 533 g/mol. The highest BCUT2D eigenvalue weighted by atomic mass is 79.9. The third kappa shape index (κ3) is 4.76. The molecule has 3 aromatic rings. The summed E-state index contributed by atoms with van der Waals surface area (Å²) in [5.41, 5.74) is 3.98. The van der Waals surface area contributed by atoms with E-state index >= 15 is 0 Å². The Bertz CT molecular complexity index is 1290. The summed E-state index contributed by atoms with van der Waals surface area (Å²) in [5.74, 6) is -1.55. The van der Waals surface area contributed by atoms with E-state index in [1.54, 1.807) is 24.3 Å². The number of hydrogen-bond donors (Lipinski definition) is 1. The van der Waals surface area contributed by atoms with Gasteiger partial charge in [0.1, 0.15) is 5.76 Å². The quantitative estimate of drug-likeness (QED) is 0.238. The molecule has 1 fully saturated rings. The number of Topliss-reactive ketones (excluding diaryl/α,β-unsaturated/α-hetero) is 1. The molecule has 0 spiro atoms. The summed E-state index contributed by atoms with van der Waals surface area (Å²) in [6.45, 7) is 6.37. The van der Waals surface area contributed by atoms with Gasteiger partial charge in [0.25, 0.3) is 11.7 Å². The van der Waals surface area contributed by atoms with Crippen LogP contribution in [0.15, 0.2) is 82.8 Å². The van der Waals surface area contributed by atoms with Gasteiger partial charge in [-0.3, -0.25) is 14.5 Å². The number of aliphatic hydroxyl groups is 1. The monoisotopic (exact) mass is 532 g/mol. The van der Waals surface area contributed by atoms with Crippen LogP contribution >= 0.6 is 15.9 Å². The minimum Gasteiger partial charge on any atom is -0.507 e. The molecule has 1 amide bonds. The molecule has 4 rings (SSSR count). The van der Waals surface area contributed by atoms with Gasteiger partial charge in [0, 0.05) is 35.5 Å². The Hall–Kier alpha value is -3.38. The summed E-state index contributed by atoms with van der Waals surface area (Å²) in [6, 6.07) is 21.6. The molecule has 1 saturated heterocycles. The van der Waals surface area contributed by atoms with E-state index in [-0.39, 0.29) is 16.7 Å². The van der Waals surface area contributed by atoms with Crippen LogP contribution in [0, 0.1) is 0 Å². The van der Waals surface area contributed by atoms with Crippen molar-refractivity contribution in [2.24, 2.45) is 0 Å². The lowest BCUT2D eigenvalue weighted by molar-refractivity contribution is -0.132. The third-order valence-corrected chi connectivity index (χ3v) is 6.83. The lowest BCUT2D eigenvalue weighted by Gasteiger charge is -2.27.